The van der Waals surface area contributed by atoms with Gasteiger partial charge in [-0.05, 0) is 25.5 Å². The number of hydroxylamine groups is 2. The zero-order chi connectivity index (χ0) is 12.4. The molecule has 0 saturated heterocycles. The summed E-state index contributed by atoms with van der Waals surface area (Å²) < 4.78 is 0. The summed E-state index contributed by atoms with van der Waals surface area (Å²) in [4.78, 5) is 28.9. The molecular formula is C13H13NO3. The topological polar surface area (TPSA) is 46.6 Å². The molecule has 1 aliphatic rings. The molecule has 0 aromatic heterocycles. The highest BCUT2D eigenvalue weighted by Gasteiger charge is 2.36. The number of nitrogens with zero attached hydrogens (tertiary/aromatic N) is 1. The minimum atomic E-state index is -0.394. The normalized spacial score (nSPS) is 14.1. The lowest BCUT2D eigenvalue weighted by atomic mass is 10.1. The molecule has 0 N–H and O–H groups in total. The van der Waals surface area contributed by atoms with E-state index < -0.39 is 11.8 Å². The number of benzene rings is 1. The van der Waals surface area contributed by atoms with Crippen molar-refractivity contribution >= 4 is 11.8 Å². The van der Waals surface area contributed by atoms with Gasteiger partial charge in [0.15, 0.2) is 0 Å². The Bertz CT molecular complexity index is 493. The maximum atomic E-state index is 11.9. The summed E-state index contributed by atoms with van der Waals surface area (Å²) >= 11 is 0. The number of amides is 2. The molecule has 88 valence electrons. The van der Waals surface area contributed by atoms with Crippen LogP contribution in [0.4, 0.5) is 0 Å². The van der Waals surface area contributed by atoms with Gasteiger partial charge in [-0.2, -0.15) is 0 Å². The van der Waals surface area contributed by atoms with Crippen LogP contribution in [0.3, 0.4) is 0 Å². The predicted octanol–water partition coefficient (Wildman–Crippen LogP) is 2.10. The van der Waals surface area contributed by atoms with Crippen LogP contribution in [-0.2, 0) is 4.84 Å². The molecule has 1 aromatic carbocycles. The van der Waals surface area contributed by atoms with E-state index in [0.717, 1.165) is 10.6 Å². The van der Waals surface area contributed by atoms with E-state index in [1.54, 1.807) is 24.3 Å². The molecule has 0 bridgehead atoms. The largest absolute Gasteiger partial charge is 0.285 e. The van der Waals surface area contributed by atoms with E-state index in [0.29, 0.717) is 17.5 Å². The second-order valence-electron chi connectivity index (χ2n) is 3.86. The van der Waals surface area contributed by atoms with Crippen LogP contribution in [0.1, 0.15) is 32.7 Å². The maximum Gasteiger partial charge on any atom is 0.285 e. The van der Waals surface area contributed by atoms with Gasteiger partial charge < -0.3 is 0 Å². The first kappa shape index (κ1) is 11.5. The first-order chi connectivity index (χ1) is 8.15. The molecule has 0 saturated carbocycles. The lowest BCUT2D eigenvalue weighted by Crippen LogP contribution is -2.30. The molecular weight excluding hydrogens is 218 g/mol. The van der Waals surface area contributed by atoms with Gasteiger partial charge in [0.25, 0.3) is 11.8 Å². The number of aryl methyl sites for hydroxylation is 1. The number of imide groups is 1. The van der Waals surface area contributed by atoms with E-state index in [1.807, 2.05) is 6.92 Å². The van der Waals surface area contributed by atoms with Crippen LogP contribution in [-0.4, -0.2) is 23.5 Å². The van der Waals surface area contributed by atoms with Crippen LogP contribution >= 0.6 is 0 Å². The van der Waals surface area contributed by atoms with E-state index in [9.17, 15) is 9.59 Å². The fourth-order valence-corrected chi connectivity index (χ4v) is 1.68. The third kappa shape index (κ3) is 1.99. The predicted molar refractivity (Wildman–Crippen MR) is 62.4 cm³/mol. The maximum absolute atomic E-state index is 11.9. The van der Waals surface area contributed by atoms with E-state index in [-0.39, 0.29) is 6.61 Å². The summed E-state index contributed by atoms with van der Waals surface area (Å²) in [6.45, 7) is 5.69. The molecule has 1 aromatic rings. The molecule has 4 nitrogen and oxygen atoms in total. The van der Waals surface area contributed by atoms with Gasteiger partial charge in [-0.1, -0.05) is 17.7 Å². The summed E-state index contributed by atoms with van der Waals surface area (Å²) in [7, 11) is 0. The van der Waals surface area contributed by atoms with E-state index in [4.69, 9.17) is 4.84 Å². The molecule has 2 amide bonds. The van der Waals surface area contributed by atoms with Gasteiger partial charge in [0, 0.05) is 0 Å². The summed E-state index contributed by atoms with van der Waals surface area (Å²) in [6.07, 6.45) is 2.26. The summed E-state index contributed by atoms with van der Waals surface area (Å²) in [6, 6.07) is 5.16. The molecule has 1 heterocycles. The van der Waals surface area contributed by atoms with Crippen molar-refractivity contribution in [1.29, 1.82) is 0 Å². The molecule has 0 spiro atoms. The van der Waals surface area contributed by atoms with E-state index in [1.165, 1.54) is 0 Å². The minimum absolute atomic E-state index is 0.272. The van der Waals surface area contributed by atoms with Crippen LogP contribution in [0, 0.1) is 6.92 Å². The van der Waals surface area contributed by atoms with Gasteiger partial charge in [0.2, 0.25) is 0 Å². The van der Waals surface area contributed by atoms with Crippen LogP contribution < -0.4 is 0 Å². The lowest BCUT2D eigenvalue weighted by Gasteiger charge is -2.12. The van der Waals surface area contributed by atoms with Crippen LogP contribution in [0.15, 0.2) is 30.9 Å². The van der Waals surface area contributed by atoms with Gasteiger partial charge in [0.1, 0.15) is 0 Å². The van der Waals surface area contributed by atoms with Crippen molar-refractivity contribution < 1.29 is 14.4 Å². The number of hydrogen-bond donors (Lipinski definition) is 0. The zero-order valence-corrected chi connectivity index (χ0v) is 9.60. The van der Waals surface area contributed by atoms with Gasteiger partial charge >= 0.3 is 0 Å². The summed E-state index contributed by atoms with van der Waals surface area (Å²) in [5.74, 6) is -0.785. The third-order valence-corrected chi connectivity index (χ3v) is 2.55. The van der Waals surface area contributed by atoms with Crippen LogP contribution in [0.5, 0.6) is 0 Å². The van der Waals surface area contributed by atoms with Gasteiger partial charge in [-0.3, -0.25) is 14.4 Å². The molecule has 0 atom stereocenters. The Kier molecular flexibility index (Phi) is 3.06. The second kappa shape index (κ2) is 4.51. The average molecular weight is 231 g/mol. The molecule has 4 heteroatoms. The number of carbonyl (C=O) groups excluding carboxylic acids is 2. The number of fused-ring (bicyclic) bond motifs is 1. The van der Waals surface area contributed by atoms with E-state index in [2.05, 4.69) is 6.58 Å². The quantitative estimate of drug-likeness (QED) is 0.453. The highest BCUT2D eigenvalue weighted by molar-refractivity contribution is 6.20. The van der Waals surface area contributed by atoms with Crippen LogP contribution in [0.2, 0.25) is 0 Å². The van der Waals surface area contributed by atoms with Crippen molar-refractivity contribution in [1.82, 2.24) is 5.06 Å². The highest BCUT2D eigenvalue weighted by Crippen LogP contribution is 2.23. The van der Waals surface area contributed by atoms with Gasteiger partial charge in [-0.25, -0.2) is 0 Å². The minimum Gasteiger partial charge on any atom is -0.266 e. The average Bonchev–Trinajstić information content (AvgIpc) is 2.54. The third-order valence-electron chi connectivity index (χ3n) is 2.55. The van der Waals surface area contributed by atoms with Crippen molar-refractivity contribution in [3.05, 3.63) is 47.5 Å². The monoisotopic (exact) mass is 231 g/mol. The molecule has 0 radical (unpaired) electrons. The molecule has 0 unspecified atom stereocenters. The number of carbonyl (C=O) groups is 2. The Labute approximate surface area is 99.4 Å². The van der Waals surface area contributed by atoms with Crippen molar-refractivity contribution in [2.24, 2.45) is 0 Å². The molecule has 2 rings (SSSR count). The number of rotatable bonds is 4. The Hall–Kier alpha value is -1.94. The molecule has 0 fully saturated rings. The van der Waals surface area contributed by atoms with Gasteiger partial charge in [0.05, 0.1) is 17.7 Å². The number of hydrogen-bond acceptors (Lipinski definition) is 3. The molecule has 0 aliphatic carbocycles. The Morgan fingerprint density at radius 1 is 1.29 bits per heavy atom. The zero-order valence-electron chi connectivity index (χ0n) is 9.60. The Balaban J connectivity index is 2.23. The van der Waals surface area contributed by atoms with E-state index >= 15 is 0 Å². The molecule has 1 aliphatic heterocycles. The fraction of sp³-hybridized carbons (Fsp3) is 0.231. The highest BCUT2D eigenvalue weighted by atomic mass is 16.7. The van der Waals surface area contributed by atoms with Crippen molar-refractivity contribution in [2.75, 3.05) is 6.61 Å². The smallest absolute Gasteiger partial charge is 0.266 e. The standard InChI is InChI=1S/C13H13NO3/c1-3-4-7-17-14-12(15)10-6-5-9(2)8-11(10)13(14)16/h3,5-6,8H,1,4,7H2,2H3. The molecule has 17 heavy (non-hydrogen) atoms. The fourth-order valence-electron chi connectivity index (χ4n) is 1.68. The van der Waals surface area contributed by atoms with Crippen LogP contribution in [0.25, 0.3) is 0 Å². The Morgan fingerprint density at radius 3 is 2.71 bits per heavy atom. The summed E-state index contributed by atoms with van der Waals surface area (Å²) in [5, 5.41) is 0.827. The van der Waals surface area contributed by atoms with Crippen molar-refractivity contribution in [3.63, 3.8) is 0 Å². The first-order valence-electron chi connectivity index (χ1n) is 5.38. The summed E-state index contributed by atoms with van der Waals surface area (Å²) in [5.41, 5.74) is 1.76. The van der Waals surface area contributed by atoms with Gasteiger partial charge in [-0.15, -0.1) is 11.6 Å². The first-order valence-corrected chi connectivity index (χ1v) is 5.38. The SMILES string of the molecule is C=CCCON1C(=O)c2ccc(C)cc2C1=O. The Morgan fingerprint density at radius 2 is 2.00 bits per heavy atom. The van der Waals surface area contributed by atoms with Crippen molar-refractivity contribution in [3.8, 4) is 0 Å². The van der Waals surface area contributed by atoms with Crippen molar-refractivity contribution in [2.45, 2.75) is 13.3 Å². The second-order valence-corrected chi connectivity index (χ2v) is 3.86. The lowest BCUT2D eigenvalue weighted by molar-refractivity contribution is -0.0896.